The average Bonchev–Trinajstić information content (AvgIpc) is 2.66. The summed E-state index contributed by atoms with van der Waals surface area (Å²) in [5.41, 5.74) is 6.92. The second kappa shape index (κ2) is 4.93. The standard InChI is InChI=1S/C10H17N3O2/c1-6(2)7(4-11)8-5-12-13-9(8)10(14)15-3/h5-7H,4,11H2,1-3H3,(H,12,13). The summed E-state index contributed by atoms with van der Waals surface area (Å²) in [4.78, 5) is 11.4. The molecule has 1 atom stereocenters. The largest absolute Gasteiger partial charge is 0.464 e. The number of aromatic amines is 1. The zero-order valence-corrected chi connectivity index (χ0v) is 9.28. The first kappa shape index (κ1) is 11.7. The highest BCUT2D eigenvalue weighted by atomic mass is 16.5. The van der Waals surface area contributed by atoms with E-state index < -0.39 is 5.97 Å². The van der Waals surface area contributed by atoms with E-state index in [2.05, 4.69) is 28.8 Å². The van der Waals surface area contributed by atoms with Gasteiger partial charge in [-0.1, -0.05) is 13.8 Å². The van der Waals surface area contributed by atoms with Gasteiger partial charge in [-0.15, -0.1) is 0 Å². The van der Waals surface area contributed by atoms with Crippen molar-refractivity contribution in [2.75, 3.05) is 13.7 Å². The summed E-state index contributed by atoms with van der Waals surface area (Å²) >= 11 is 0. The van der Waals surface area contributed by atoms with Crippen LogP contribution in [0.2, 0.25) is 0 Å². The first-order valence-corrected chi connectivity index (χ1v) is 4.93. The maximum absolute atomic E-state index is 11.4. The highest BCUT2D eigenvalue weighted by Gasteiger charge is 2.23. The van der Waals surface area contributed by atoms with Crippen LogP contribution >= 0.6 is 0 Å². The molecule has 1 aromatic heterocycles. The predicted molar refractivity (Wildman–Crippen MR) is 56.6 cm³/mol. The van der Waals surface area contributed by atoms with Gasteiger partial charge in [-0.3, -0.25) is 5.10 Å². The van der Waals surface area contributed by atoms with Gasteiger partial charge in [0.25, 0.3) is 0 Å². The van der Waals surface area contributed by atoms with Crippen molar-refractivity contribution in [3.8, 4) is 0 Å². The fourth-order valence-corrected chi connectivity index (χ4v) is 1.60. The summed E-state index contributed by atoms with van der Waals surface area (Å²) in [6, 6.07) is 0. The van der Waals surface area contributed by atoms with Crippen LogP contribution in [0.4, 0.5) is 0 Å². The Bertz CT molecular complexity index is 333. The summed E-state index contributed by atoms with van der Waals surface area (Å²) in [5, 5.41) is 6.51. The van der Waals surface area contributed by atoms with Crippen LogP contribution in [0.15, 0.2) is 6.20 Å². The van der Waals surface area contributed by atoms with Crippen LogP contribution in [-0.2, 0) is 4.74 Å². The second-order valence-corrected chi connectivity index (χ2v) is 3.78. The summed E-state index contributed by atoms with van der Waals surface area (Å²) in [5.74, 6) is 0.0791. The molecule has 84 valence electrons. The smallest absolute Gasteiger partial charge is 0.356 e. The lowest BCUT2D eigenvalue weighted by atomic mass is 9.89. The molecule has 3 N–H and O–H groups in total. The number of esters is 1. The van der Waals surface area contributed by atoms with Crippen molar-refractivity contribution in [1.29, 1.82) is 0 Å². The van der Waals surface area contributed by atoms with Crippen molar-refractivity contribution < 1.29 is 9.53 Å². The van der Waals surface area contributed by atoms with E-state index in [9.17, 15) is 4.79 Å². The number of nitrogens with zero attached hydrogens (tertiary/aromatic N) is 1. The van der Waals surface area contributed by atoms with E-state index in [-0.39, 0.29) is 5.92 Å². The van der Waals surface area contributed by atoms with E-state index in [1.54, 1.807) is 6.20 Å². The average molecular weight is 211 g/mol. The fourth-order valence-electron chi connectivity index (χ4n) is 1.60. The number of carbonyl (C=O) groups is 1. The number of hydrogen-bond donors (Lipinski definition) is 2. The van der Waals surface area contributed by atoms with E-state index in [1.165, 1.54) is 7.11 Å². The molecule has 1 aromatic rings. The van der Waals surface area contributed by atoms with E-state index in [1.807, 2.05) is 0 Å². The van der Waals surface area contributed by atoms with Crippen LogP contribution < -0.4 is 5.73 Å². The number of nitrogens with one attached hydrogen (secondary N) is 1. The van der Waals surface area contributed by atoms with Crippen LogP contribution in [0.3, 0.4) is 0 Å². The minimum Gasteiger partial charge on any atom is -0.464 e. The Hall–Kier alpha value is -1.36. The Morgan fingerprint density at radius 3 is 2.80 bits per heavy atom. The van der Waals surface area contributed by atoms with Crippen molar-refractivity contribution in [2.24, 2.45) is 11.7 Å². The lowest BCUT2D eigenvalue weighted by molar-refractivity contribution is 0.0592. The van der Waals surface area contributed by atoms with Crippen molar-refractivity contribution >= 4 is 5.97 Å². The molecule has 15 heavy (non-hydrogen) atoms. The number of ether oxygens (including phenoxy) is 1. The van der Waals surface area contributed by atoms with Crippen molar-refractivity contribution in [1.82, 2.24) is 10.2 Å². The van der Waals surface area contributed by atoms with Crippen molar-refractivity contribution in [2.45, 2.75) is 19.8 Å². The maximum Gasteiger partial charge on any atom is 0.356 e. The molecule has 5 heteroatoms. The molecule has 0 radical (unpaired) electrons. The van der Waals surface area contributed by atoms with Crippen LogP contribution in [0.25, 0.3) is 0 Å². The molecule has 0 saturated heterocycles. The summed E-state index contributed by atoms with van der Waals surface area (Å²) in [6.07, 6.45) is 1.64. The Morgan fingerprint density at radius 1 is 1.67 bits per heavy atom. The molecule has 0 aromatic carbocycles. The Balaban J connectivity index is 3.02. The van der Waals surface area contributed by atoms with Gasteiger partial charge in [0.05, 0.1) is 13.3 Å². The van der Waals surface area contributed by atoms with Gasteiger partial charge < -0.3 is 10.5 Å². The number of carbonyl (C=O) groups excluding carboxylic acids is 1. The van der Waals surface area contributed by atoms with Gasteiger partial charge in [-0.25, -0.2) is 4.79 Å². The van der Waals surface area contributed by atoms with Gasteiger partial charge in [-0.05, 0) is 12.5 Å². The molecule has 0 fully saturated rings. The summed E-state index contributed by atoms with van der Waals surface area (Å²) in [6.45, 7) is 4.61. The predicted octanol–water partition coefficient (Wildman–Crippen LogP) is 0.895. The summed E-state index contributed by atoms with van der Waals surface area (Å²) in [7, 11) is 1.35. The molecule has 0 saturated carbocycles. The van der Waals surface area contributed by atoms with Crippen LogP contribution in [0.1, 0.15) is 35.8 Å². The number of nitrogens with two attached hydrogens (primary N) is 1. The number of H-pyrrole nitrogens is 1. The summed E-state index contributed by atoms with van der Waals surface area (Å²) < 4.78 is 4.66. The molecular formula is C10H17N3O2. The van der Waals surface area contributed by atoms with Crippen LogP contribution in [-0.4, -0.2) is 29.8 Å². The third-order valence-electron chi connectivity index (χ3n) is 2.52. The minimum absolute atomic E-state index is 0.123. The lowest BCUT2D eigenvalue weighted by Crippen LogP contribution is -2.20. The van der Waals surface area contributed by atoms with E-state index in [0.29, 0.717) is 18.2 Å². The van der Waals surface area contributed by atoms with Gasteiger partial charge in [0.15, 0.2) is 0 Å². The molecule has 1 unspecified atom stereocenters. The highest BCUT2D eigenvalue weighted by Crippen LogP contribution is 2.25. The molecule has 0 aliphatic heterocycles. The molecule has 1 rings (SSSR count). The van der Waals surface area contributed by atoms with Gasteiger partial charge >= 0.3 is 5.97 Å². The van der Waals surface area contributed by atoms with E-state index in [0.717, 1.165) is 5.56 Å². The third kappa shape index (κ3) is 2.36. The van der Waals surface area contributed by atoms with Crippen LogP contribution in [0, 0.1) is 5.92 Å². The molecule has 0 amide bonds. The SMILES string of the molecule is COC(=O)c1[nH]ncc1C(CN)C(C)C. The first-order chi connectivity index (χ1) is 7.11. The molecule has 0 aliphatic rings. The minimum atomic E-state index is -0.401. The van der Waals surface area contributed by atoms with Crippen molar-refractivity contribution in [3.05, 3.63) is 17.5 Å². The fraction of sp³-hybridized carbons (Fsp3) is 0.600. The van der Waals surface area contributed by atoms with Gasteiger partial charge in [0, 0.05) is 11.5 Å². The topological polar surface area (TPSA) is 81.0 Å². The maximum atomic E-state index is 11.4. The Kier molecular flexibility index (Phi) is 3.85. The number of aromatic nitrogens is 2. The van der Waals surface area contributed by atoms with Crippen molar-refractivity contribution in [3.63, 3.8) is 0 Å². The molecular weight excluding hydrogens is 194 g/mol. The highest BCUT2D eigenvalue weighted by molar-refractivity contribution is 5.88. The first-order valence-electron chi connectivity index (χ1n) is 4.93. The quantitative estimate of drug-likeness (QED) is 0.725. The zero-order chi connectivity index (χ0) is 11.4. The zero-order valence-electron chi connectivity index (χ0n) is 9.28. The van der Waals surface area contributed by atoms with Crippen LogP contribution in [0.5, 0.6) is 0 Å². The normalized spacial score (nSPS) is 12.9. The van der Waals surface area contributed by atoms with Gasteiger partial charge in [0.1, 0.15) is 5.69 Å². The monoisotopic (exact) mass is 211 g/mol. The Labute approximate surface area is 89.0 Å². The molecule has 0 spiro atoms. The molecule has 1 heterocycles. The second-order valence-electron chi connectivity index (χ2n) is 3.78. The number of hydrogen-bond acceptors (Lipinski definition) is 4. The van der Waals surface area contributed by atoms with Gasteiger partial charge in [-0.2, -0.15) is 5.10 Å². The number of rotatable bonds is 4. The van der Waals surface area contributed by atoms with E-state index in [4.69, 9.17) is 5.73 Å². The molecule has 0 aliphatic carbocycles. The van der Waals surface area contributed by atoms with Gasteiger partial charge in [0.2, 0.25) is 0 Å². The third-order valence-corrected chi connectivity index (χ3v) is 2.52. The molecule has 5 nitrogen and oxygen atoms in total. The van der Waals surface area contributed by atoms with E-state index >= 15 is 0 Å². The molecule has 0 bridgehead atoms. The number of methoxy groups -OCH3 is 1. The Morgan fingerprint density at radius 2 is 2.33 bits per heavy atom. The lowest BCUT2D eigenvalue weighted by Gasteiger charge is -2.18.